The summed E-state index contributed by atoms with van der Waals surface area (Å²) in [6.45, 7) is 4.29. The van der Waals surface area contributed by atoms with Gasteiger partial charge in [-0.05, 0) is 30.4 Å². The second-order valence-electron chi connectivity index (χ2n) is 6.01. The van der Waals surface area contributed by atoms with Crippen molar-refractivity contribution in [2.45, 2.75) is 44.0 Å². The average molecular weight is 327 g/mol. The van der Waals surface area contributed by atoms with Gasteiger partial charge in [-0.3, -0.25) is 0 Å². The van der Waals surface area contributed by atoms with Crippen molar-refractivity contribution in [3.63, 3.8) is 0 Å². The molecule has 124 valence electrons. The lowest BCUT2D eigenvalue weighted by Gasteiger charge is -2.34. The lowest BCUT2D eigenvalue weighted by molar-refractivity contribution is 0.226. The van der Waals surface area contributed by atoms with Crippen molar-refractivity contribution in [2.24, 2.45) is 11.8 Å². The van der Waals surface area contributed by atoms with Crippen molar-refractivity contribution in [2.75, 3.05) is 14.2 Å². The standard InChI is InChI=1S/C16H25NO4S/c1-11-6-5-7-14(12(11)2)17-22(18,19)16-10-13(20-3)8-9-15(16)21-4/h8-12,14,17H,5-7H2,1-4H3/t11-,12+,14+/m0/s1. The Bertz CT molecular complexity index is 615. The van der Waals surface area contributed by atoms with Gasteiger partial charge < -0.3 is 9.47 Å². The van der Waals surface area contributed by atoms with Crippen LogP contribution in [0.15, 0.2) is 23.1 Å². The maximum atomic E-state index is 12.8. The Balaban J connectivity index is 2.30. The molecule has 0 heterocycles. The molecule has 0 aromatic heterocycles. The number of hydrogen-bond donors (Lipinski definition) is 1. The molecule has 5 nitrogen and oxygen atoms in total. The average Bonchev–Trinajstić information content (AvgIpc) is 2.51. The van der Waals surface area contributed by atoms with E-state index in [2.05, 4.69) is 18.6 Å². The SMILES string of the molecule is COc1ccc(OC)c(S(=O)(=O)N[C@@H]2CCC[C@H](C)[C@H]2C)c1. The molecule has 0 saturated heterocycles. The lowest BCUT2D eigenvalue weighted by Crippen LogP contribution is -2.43. The highest BCUT2D eigenvalue weighted by Crippen LogP contribution is 2.32. The summed E-state index contributed by atoms with van der Waals surface area (Å²) in [5.41, 5.74) is 0. The van der Waals surface area contributed by atoms with E-state index in [0.717, 1.165) is 19.3 Å². The quantitative estimate of drug-likeness (QED) is 0.903. The van der Waals surface area contributed by atoms with Crippen LogP contribution in [0.2, 0.25) is 0 Å². The largest absolute Gasteiger partial charge is 0.497 e. The van der Waals surface area contributed by atoms with Gasteiger partial charge in [-0.15, -0.1) is 0 Å². The Hall–Kier alpha value is -1.27. The zero-order valence-electron chi connectivity index (χ0n) is 13.6. The zero-order valence-corrected chi connectivity index (χ0v) is 14.4. The van der Waals surface area contributed by atoms with Gasteiger partial charge in [0.15, 0.2) is 0 Å². The van der Waals surface area contributed by atoms with Crippen molar-refractivity contribution in [1.29, 1.82) is 0 Å². The first-order valence-corrected chi connectivity index (χ1v) is 9.11. The molecule has 1 N–H and O–H groups in total. The molecule has 0 aliphatic heterocycles. The van der Waals surface area contributed by atoms with E-state index in [1.54, 1.807) is 12.1 Å². The predicted octanol–water partition coefficient (Wildman–Crippen LogP) is 2.81. The van der Waals surface area contributed by atoms with Crippen LogP contribution < -0.4 is 14.2 Å². The number of ether oxygens (including phenoxy) is 2. The maximum absolute atomic E-state index is 12.8. The van der Waals surface area contributed by atoms with Gasteiger partial charge in [0, 0.05) is 12.1 Å². The Morgan fingerprint density at radius 2 is 1.86 bits per heavy atom. The second-order valence-corrected chi connectivity index (χ2v) is 7.69. The fourth-order valence-electron chi connectivity index (χ4n) is 3.01. The molecule has 0 radical (unpaired) electrons. The molecular weight excluding hydrogens is 302 g/mol. The van der Waals surface area contributed by atoms with Crippen molar-refractivity contribution >= 4 is 10.0 Å². The monoisotopic (exact) mass is 327 g/mol. The highest BCUT2D eigenvalue weighted by molar-refractivity contribution is 7.89. The summed E-state index contributed by atoms with van der Waals surface area (Å²) in [6.07, 6.45) is 3.08. The molecule has 6 heteroatoms. The minimum atomic E-state index is -3.65. The van der Waals surface area contributed by atoms with Crippen LogP contribution in [-0.4, -0.2) is 28.7 Å². The minimum absolute atomic E-state index is 0.0374. The van der Waals surface area contributed by atoms with Crippen LogP contribution in [0.25, 0.3) is 0 Å². The topological polar surface area (TPSA) is 64.6 Å². The molecule has 3 atom stereocenters. The highest BCUT2D eigenvalue weighted by Gasteiger charge is 2.32. The first-order valence-electron chi connectivity index (χ1n) is 7.63. The third-order valence-electron chi connectivity index (χ3n) is 4.67. The van der Waals surface area contributed by atoms with Gasteiger partial charge in [0.05, 0.1) is 14.2 Å². The Morgan fingerprint density at radius 3 is 2.50 bits per heavy atom. The van der Waals surface area contributed by atoms with Crippen LogP contribution in [0, 0.1) is 11.8 Å². The second kappa shape index (κ2) is 6.87. The maximum Gasteiger partial charge on any atom is 0.244 e. The summed E-state index contributed by atoms with van der Waals surface area (Å²) in [5, 5.41) is 0. The smallest absolute Gasteiger partial charge is 0.244 e. The van der Waals surface area contributed by atoms with E-state index >= 15 is 0 Å². The molecule has 0 spiro atoms. The van der Waals surface area contributed by atoms with Gasteiger partial charge in [0.1, 0.15) is 16.4 Å². The van der Waals surface area contributed by atoms with Crippen LogP contribution in [0.4, 0.5) is 0 Å². The Kier molecular flexibility index (Phi) is 5.34. The van der Waals surface area contributed by atoms with E-state index in [1.165, 1.54) is 20.3 Å². The van der Waals surface area contributed by atoms with Gasteiger partial charge in [-0.25, -0.2) is 13.1 Å². The number of nitrogens with one attached hydrogen (secondary N) is 1. The van der Waals surface area contributed by atoms with E-state index < -0.39 is 10.0 Å². The summed E-state index contributed by atoms with van der Waals surface area (Å²) in [7, 11) is -0.672. The third-order valence-corrected chi connectivity index (χ3v) is 6.18. The van der Waals surface area contributed by atoms with Gasteiger partial charge >= 0.3 is 0 Å². The molecule has 0 amide bonds. The lowest BCUT2D eigenvalue weighted by atomic mass is 9.78. The van der Waals surface area contributed by atoms with E-state index in [4.69, 9.17) is 9.47 Å². The first kappa shape index (κ1) is 17.1. The first-order chi connectivity index (χ1) is 10.4. The third kappa shape index (κ3) is 3.55. The van der Waals surface area contributed by atoms with Crippen molar-refractivity contribution in [3.8, 4) is 11.5 Å². The molecule has 1 aliphatic carbocycles. The number of hydrogen-bond acceptors (Lipinski definition) is 4. The van der Waals surface area contributed by atoms with Crippen LogP contribution in [-0.2, 0) is 10.0 Å². The van der Waals surface area contributed by atoms with Crippen LogP contribution >= 0.6 is 0 Å². The zero-order chi connectivity index (χ0) is 16.3. The van der Waals surface area contributed by atoms with Gasteiger partial charge in [0.25, 0.3) is 0 Å². The number of methoxy groups -OCH3 is 2. The molecular formula is C16H25NO4S. The summed E-state index contributed by atoms with van der Waals surface area (Å²) < 4.78 is 38.7. The fraction of sp³-hybridized carbons (Fsp3) is 0.625. The van der Waals surface area contributed by atoms with E-state index in [0.29, 0.717) is 23.3 Å². The van der Waals surface area contributed by atoms with Gasteiger partial charge in [-0.1, -0.05) is 26.7 Å². The Labute approximate surface area is 133 Å². The number of sulfonamides is 1. The summed E-state index contributed by atoms with van der Waals surface area (Å²) in [5.74, 6) is 1.66. The Morgan fingerprint density at radius 1 is 1.14 bits per heavy atom. The molecule has 1 aliphatic rings. The van der Waals surface area contributed by atoms with Crippen LogP contribution in [0.5, 0.6) is 11.5 Å². The van der Waals surface area contributed by atoms with E-state index in [9.17, 15) is 8.42 Å². The minimum Gasteiger partial charge on any atom is -0.497 e. The number of benzene rings is 1. The predicted molar refractivity (Wildman–Crippen MR) is 85.8 cm³/mol. The summed E-state index contributed by atoms with van der Waals surface area (Å²) in [6, 6.07) is 4.76. The molecule has 1 saturated carbocycles. The van der Waals surface area contributed by atoms with Crippen molar-refractivity contribution in [3.05, 3.63) is 18.2 Å². The summed E-state index contributed by atoms with van der Waals surface area (Å²) in [4.78, 5) is 0.125. The fourth-order valence-corrected chi connectivity index (χ4v) is 4.55. The number of rotatable bonds is 5. The van der Waals surface area contributed by atoms with Crippen LogP contribution in [0.3, 0.4) is 0 Å². The van der Waals surface area contributed by atoms with Gasteiger partial charge in [0.2, 0.25) is 10.0 Å². The highest BCUT2D eigenvalue weighted by atomic mass is 32.2. The van der Waals surface area contributed by atoms with Crippen molar-refractivity contribution in [1.82, 2.24) is 4.72 Å². The van der Waals surface area contributed by atoms with E-state index in [-0.39, 0.29) is 10.9 Å². The normalized spacial score (nSPS) is 25.7. The molecule has 2 rings (SSSR count). The summed E-state index contributed by atoms with van der Waals surface area (Å²) >= 11 is 0. The molecule has 0 bridgehead atoms. The van der Waals surface area contributed by atoms with Crippen LogP contribution in [0.1, 0.15) is 33.1 Å². The van der Waals surface area contributed by atoms with Gasteiger partial charge in [-0.2, -0.15) is 0 Å². The molecule has 1 aromatic rings. The molecule has 22 heavy (non-hydrogen) atoms. The molecule has 1 fully saturated rings. The molecule has 1 aromatic carbocycles. The molecule has 0 unspecified atom stereocenters. The van der Waals surface area contributed by atoms with E-state index in [1.807, 2.05) is 0 Å². The van der Waals surface area contributed by atoms with Crippen molar-refractivity contribution < 1.29 is 17.9 Å².